The minimum absolute atomic E-state index is 0.0815. The number of aromatic nitrogens is 3. The summed E-state index contributed by atoms with van der Waals surface area (Å²) >= 11 is 2.82. The van der Waals surface area contributed by atoms with E-state index in [4.69, 9.17) is 5.84 Å². The third-order valence-electron chi connectivity index (χ3n) is 3.49. The zero-order valence-electron chi connectivity index (χ0n) is 14.5. The summed E-state index contributed by atoms with van der Waals surface area (Å²) < 4.78 is 1.45. The maximum Gasteiger partial charge on any atom is 0.233 e. The van der Waals surface area contributed by atoms with Crippen LogP contribution >= 0.6 is 23.5 Å². The Morgan fingerprint density at radius 2 is 1.80 bits per heavy atom. The minimum Gasteiger partial charge on any atom is -0.343 e. The van der Waals surface area contributed by atoms with Crippen LogP contribution in [0.25, 0.3) is 6.08 Å². The number of hydrogen-bond acceptors (Lipinski definition) is 6. The van der Waals surface area contributed by atoms with Crippen LogP contribution < -0.4 is 5.84 Å². The van der Waals surface area contributed by atoms with E-state index >= 15 is 0 Å². The molecular weight excluding hydrogens is 354 g/mol. The normalized spacial score (nSPS) is 11.1. The van der Waals surface area contributed by atoms with Crippen molar-refractivity contribution < 1.29 is 4.79 Å². The number of carbonyl (C=O) groups excluding carboxylic acids is 1. The van der Waals surface area contributed by atoms with Gasteiger partial charge in [-0.15, -0.1) is 10.2 Å². The lowest BCUT2D eigenvalue weighted by Gasteiger charge is -2.17. The van der Waals surface area contributed by atoms with E-state index in [1.54, 1.807) is 4.90 Å². The lowest BCUT2D eigenvalue weighted by Crippen LogP contribution is -2.32. The highest BCUT2D eigenvalue weighted by Crippen LogP contribution is 2.21. The molecule has 0 aliphatic heterocycles. The number of amides is 1. The first-order chi connectivity index (χ1) is 12.2. The fourth-order valence-electron chi connectivity index (χ4n) is 2.13. The lowest BCUT2D eigenvalue weighted by atomic mass is 10.2. The fraction of sp³-hybridized carbons (Fsp3) is 0.353. The Hall–Kier alpha value is -1.93. The van der Waals surface area contributed by atoms with Gasteiger partial charge in [0, 0.05) is 18.8 Å². The Kier molecular flexibility index (Phi) is 7.87. The third kappa shape index (κ3) is 5.82. The summed E-state index contributed by atoms with van der Waals surface area (Å²) in [6, 6.07) is 10.1. The van der Waals surface area contributed by atoms with Gasteiger partial charge in [0.25, 0.3) is 0 Å². The number of hydrogen-bond donors (Lipinski definition) is 1. The van der Waals surface area contributed by atoms with E-state index in [0.29, 0.717) is 29.2 Å². The largest absolute Gasteiger partial charge is 0.343 e. The number of nitrogens with zero attached hydrogens (tertiary/aromatic N) is 4. The standard InChI is InChI=1S/C17H23N5OS2/c1-3-21(4-2)15(23)13-25-17-20-19-16(22(17)18)24-12-8-11-14-9-6-5-7-10-14/h5-11H,3-4,12-13,18H2,1-2H3/b11-8+. The van der Waals surface area contributed by atoms with Gasteiger partial charge in [0.2, 0.25) is 16.2 Å². The highest BCUT2D eigenvalue weighted by Gasteiger charge is 2.14. The van der Waals surface area contributed by atoms with Crippen LogP contribution in [0.1, 0.15) is 19.4 Å². The van der Waals surface area contributed by atoms with Crippen LogP contribution in [-0.2, 0) is 4.79 Å². The Balaban J connectivity index is 1.84. The highest BCUT2D eigenvalue weighted by atomic mass is 32.2. The van der Waals surface area contributed by atoms with E-state index < -0.39 is 0 Å². The highest BCUT2D eigenvalue weighted by molar-refractivity contribution is 8.00. The summed E-state index contributed by atoms with van der Waals surface area (Å²) in [6.45, 7) is 5.35. The van der Waals surface area contributed by atoms with Crippen molar-refractivity contribution >= 4 is 35.5 Å². The van der Waals surface area contributed by atoms with E-state index in [9.17, 15) is 4.79 Å². The second-order valence-electron chi connectivity index (χ2n) is 5.11. The average molecular weight is 378 g/mol. The zero-order valence-corrected chi connectivity index (χ0v) is 16.1. The Morgan fingerprint density at radius 1 is 1.16 bits per heavy atom. The molecule has 1 aromatic heterocycles. The van der Waals surface area contributed by atoms with E-state index in [1.807, 2.05) is 44.2 Å². The molecule has 0 atom stereocenters. The fourth-order valence-corrected chi connectivity index (χ4v) is 3.61. The molecular formula is C17H23N5OS2. The molecule has 0 radical (unpaired) electrons. The predicted octanol–water partition coefficient (Wildman–Crippen LogP) is 2.76. The van der Waals surface area contributed by atoms with E-state index in [2.05, 4.69) is 22.3 Å². The minimum atomic E-state index is 0.0815. The smallest absolute Gasteiger partial charge is 0.233 e. The molecule has 25 heavy (non-hydrogen) atoms. The summed E-state index contributed by atoms with van der Waals surface area (Å²) in [5.74, 6) is 7.16. The van der Waals surface area contributed by atoms with Crippen molar-refractivity contribution in [2.45, 2.75) is 24.2 Å². The van der Waals surface area contributed by atoms with Gasteiger partial charge >= 0.3 is 0 Å². The second kappa shape index (κ2) is 10.1. The van der Waals surface area contributed by atoms with Crippen molar-refractivity contribution in [2.75, 3.05) is 30.4 Å². The molecule has 0 bridgehead atoms. The monoisotopic (exact) mass is 377 g/mol. The van der Waals surface area contributed by atoms with Crippen LogP contribution in [0.4, 0.5) is 0 Å². The molecule has 8 heteroatoms. The molecule has 2 N–H and O–H groups in total. The molecule has 0 spiro atoms. The first-order valence-electron chi connectivity index (χ1n) is 8.11. The quantitative estimate of drug-likeness (QED) is 0.535. The Morgan fingerprint density at radius 3 is 2.44 bits per heavy atom. The van der Waals surface area contributed by atoms with Crippen molar-refractivity contribution in [3.05, 3.63) is 42.0 Å². The number of nitrogens with two attached hydrogens (primary N) is 1. The van der Waals surface area contributed by atoms with Gasteiger partial charge in [0.1, 0.15) is 0 Å². The Bertz CT molecular complexity index is 698. The number of benzene rings is 1. The molecule has 1 heterocycles. The first-order valence-corrected chi connectivity index (χ1v) is 10.1. The zero-order chi connectivity index (χ0) is 18.1. The predicted molar refractivity (Wildman–Crippen MR) is 105 cm³/mol. The van der Waals surface area contributed by atoms with Gasteiger partial charge < -0.3 is 10.7 Å². The first kappa shape index (κ1) is 19.4. The third-order valence-corrected chi connectivity index (χ3v) is 5.32. The van der Waals surface area contributed by atoms with Crippen molar-refractivity contribution in [1.29, 1.82) is 0 Å². The molecule has 0 aliphatic carbocycles. The number of carbonyl (C=O) groups is 1. The summed E-state index contributed by atoms with van der Waals surface area (Å²) in [4.78, 5) is 13.8. The lowest BCUT2D eigenvalue weighted by molar-refractivity contribution is -0.127. The molecule has 2 aromatic rings. The van der Waals surface area contributed by atoms with Gasteiger partial charge in [-0.25, -0.2) is 4.68 Å². The van der Waals surface area contributed by atoms with Gasteiger partial charge in [-0.05, 0) is 19.4 Å². The average Bonchev–Trinajstić information content (AvgIpc) is 2.99. The summed E-state index contributed by atoms with van der Waals surface area (Å²) in [5.41, 5.74) is 1.16. The van der Waals surface area contributed by atoms with Gasteiger partial charge in [-0.1, -0.05) is 66.0 Å². The summed E-state index contributed by atoms with van der Waals surface area (Å²) in [6.07, 6.45) is 4.12. The van der Waals surface area contributed by atoms with Crippen molar-refractivity contribution in [3.8, 4) is 0 Å². The molecule has 134 valence electrons. The molecule has 0 aliphatic rings. The number of thioether (sulfide) groups is 2. The van der Waals surface area contributed by atoms with E-state index in [-0.39, 0.29) is 5.91 Å². The van der Waals surface area contributed by atoms with Crippen LogP contribution in [0.15, 0.2) is 46.7 Å². The van der Waals surface area contributed by atoms with Gasteiger partial charge in [-0.2, -0.15) is 0 Å². The van der Waals surface area contributed by atoms with Crippen molar-refractivity contribution in [3.63, 3.8) is 0 Å². The maximum absolute atomic E-state index is 12.0. The van der Waals surface area contributed by atoms with Crippen LogP contribution in [-0.4, -0.2) is 50.3 Å². The van der Waals surface area contributed by atoms with Gasteiger partial charge in [0.05, 0.1) is 5.75 Å². The molecule has 0 saturated carbocycles. The second-order valence-corrected chi connectivity index (χ2v) is 7.04. The van der Waals surface area contributed by atoms with Crippen LogP contribution in [0, 0.1) is 0 Å². The van der Waals surface area contributed by atoms with Crippen molar-refractivity contribution in [1.82, 2.24) is 19.8 Å². The van der Waals surface area contributed by atoms with Crippen LogP contribution in [0.3, 0.4) is 0 Å². The van der Waals surface area contributed by atoms with E-state index in [0.717, 1.165) is 11.3 Å². The molecule has 2 rings (SSSR count). The Labute approximate surface area is 156 Å². The van der Waals surface area contributed by atoms with Crippen LogP contribution in [0.2, 0.25) is 0 Å². The number of nitrogen functional groups attached to an aromatic ring is 1. The van der Waals surface area contributed by atoms with Gasteiger partial charge in [-0.3, -0.25) is 4.79 Å². The maximum atomic E-state index is 12.0. The molecule has 1 aromatic carbocycles. The topological polar surface area (TPSA) is 77.0 Å². The molecule has 0 unspecified atom stereocenters. The SMILES string of the molecule is CCN(CC)C(=O)CSc1nnc(SC/C=C/c2ccccc2)n1N. The molecule has 6 nitrogen and oxygen atoms in total. The van der Waals surface area contributed by atoms with E-state index in [1.165, 1.54) is 28.2 Å². The van der Waals surface area contributed by atoms with Crippen LogP contribution in [0.5, 0.6) is 0 Å². The molecule has 1 amide bonds. The van der Waals surface area contributed by atoms with Gasteiger partial charge in [0.15, 0.2) is 0 Å². The summed E-state index contributed by atoms with van der Waals surface area (Å²) in [5, 5.41) is 9.35. The number of rotatable bonds is 9. The summed E-state index contributed by atoms with van der Waals surface area (Å²) in [7, 11) is 0. The molecule has 0 fully saturated rings. The molecule has 0 saturated heterocycles. The van der Waals surface area contributed by atoms with Crippen molar-refractivity contribution in [2.24, 2.45) is 0 Å².